The van der Waals surface area contributed by atoms with Gasteiger partial charge < -0.3 is 31.3 Å². The molecule has 0 amide bonds. The van der Waals surface area contributed by atoms with Crippen molar-refractivity contribution in [2.24, 2.45) is 5.73 Å². The zero-order chi connectivity index (χ0) is 16.3. The summed E-state index contributed by atoms with van der Waals surface area (Å²) in [6.07, 6.45) is 1.35. The summed E-state index contributed by atoms with van der Waals surface area (Å²) in [6.45, 7) is 0.415. The van der Waals surface area contributed by atoms with Crippen molar-refractivity contribution >= 4 is 0 Å². The Morgan fingerprint density at radius 2 is 1.36 bits per heavy atom. The van der Waals surface area contributed by atoms with Crippen LogP contribution in [0.15, 0.2) is 24.3 Å². The Kier molecular flexibility index (Phi) is 4.62. The highest BCUT2D eigenvalue weighted by molar-refractivity contribution is 5.52. The van der Waals surface area contributed by atoms with E-state index in [4.69, 9.17) is 5.73 Å². The first kappa shape index (κ1) is 15.8. The van der Waals surface area contributed by atoms with Gasteiger partial charge >= 0.3 is 0 Å². The van der Waals surface area contributed by atoms with Crippen LogP contribution in [0.2, 0.25) is 0 Å². The highest BCUT2D eigenvalue weighted by Crippen LogP contribution is 2.37. The molecule has 0 unspecified atom stereocenters. The SMILES string of the molecule is NCCc1ccc(O)c(O)c1CCc1cc(O)c(O)c(O)c1. The van der Waals surface area contributed by atoms with Gasteiger partial charge in [0.2, 0.25) is 0 Å². The van der Waals surface area contributed by atoms with Crippen LogP contribution in [0.5, 0.6) is 28.7 Å². The van der Waals surface area contributed by atoms with Crippen molar-refractivity contribution in [3.05, 3.63) is 41.0 Å². The van der Waals surface area contributed by atoms with Crippen molar-refractivity contribution in [3.8, 4) is 28.7 Å². The van der Waals surface area contributed by atoms with Crippen LogP contribution in [-0.2, 0) is 19.3 Å². The third-order valence-corrected chi connectivity index (χ3v) is 3.57. The molecule has 0 heterocycles. The molecule has 7 N–H and O–H groups in total. The maximum atomic E-state index is 10.0. The van der Waals surface area contributed by atoms with Gasteiger partial charge in [-0.15, -0.1) is 0 Å². The second-order valence-electron chi connectivity index (χ2n) is 5.09. The second kappa shape index (κ2) is 6.44. The van der Waals surface area contributed by atoms with E-state index >= 15 is 0 Å². The number of phenols is 5. The lowest BCUT2D eigenvalue weighted by atomic mass is 9.96. The van der Waals surface area contributed by atoms with E-state index in [0.717, 1.165) is 5.56 Å². The van der Waals surface area contributed by atoms with E-state index < -0.39 is 17.2 Å². The number of phenolic OH excluding ortho intramolecular Hbond substituents is 5. The van der Waals surface area contributed by atoms with Gasteiger partial charge in [0.1, 0.15) is 0 Å². The summed E-state index contributed by atoms with van der Waals surface area (Å²) in [5, 5.41) is 48.0. The van der Waals surface area contributed by atoms with Crippen molar-refractivity contribution in [1.29, 1.82) is 0 Å². The van der Waals surface area contributed by atoms with E-state index in [2.05, 4.69) is 0 Å². The van der Waals surface area contributed by atoms with Gasteiger partial charge in [0.25, 0.3) is 0 Å². The van der Waals surface area contributed by atoms with Crippen LogP contribution in [0.25, 0.3) is 0 Å². The van der Waals surface area contributed by atoms with Gasteiger partial charge in [-0.1, -0.05) is 6.07 Å². The van der Waals surface area contributed by atoms with Crippen LogP contribution in [0.3, 0.4) is 0 Å². The molecule has 0 saturated heterocycles. The standard InChI is InChI=1S/C16H19NO5/c17-6-5-10-2-4-12(18)15(21)11(10)3-1-9-7-13(19)16(22)14(20)8-9/h2,4,7-8,18-22H,1,3,5-6,17H2. The van der Waals surface area contributed by atoms with Gasteiger partial charge in [-0.05, 0) is 55.1 Å². The monoisotopic (exact) mass is 305 g/mol. The Hall–Kier alpha value is -2.60. The lowest BCUT2D eigenvalue weighted by Crippen LogP contribution is -2.06. The molecule has 0 saturated carbocycles. The highest BCUT2D eigenvalue weighted by atomic mass is 16.3. The van der Waals surface area contributed by atoms with Crippen LogP contribution in [-0.4, -0.2) is 32.1 Å². The van der Waals surface area contributed by atoms with E-state index in [-0.39, 0.29) is 11.5 Å². The molecule has 0 radical (unpaired) electrons. The Morgan fingerprint density at radius 1 is 0.727 bits per heavy atom. The maximum Gasteiger partial charge on any atom is 0.200 e. The third-order valence-electron chi connectivity index (χ3n) is 3.57. The Labute approximate surface area is 127 Å². The predicted molar refractivity (Wildman–Crippen MR) is 81.4 cm³/mol. The summed E-state index contributed by atoms with van der Waals surface area (Å²) in [5.41, 5.74) is 7.55. The minimum atomic E-state index is -0.562. The molecule has 0 spiro atoms. The summed E-state index contributed by atoms with van der Waals surface area (Å²) in [6, 6.07) is 5.82. The molecule has 0 aliphatic carbocycles. The molecule has 0 fully saturated rings. The molecule has 0 atom stereocenters. The van der Waals surface area contributed by atoms with E-state index in [0.29, 0.717) is 36.9 Å². The van der Waals surface area contributed by atoms with Crippen molar-refractivity contribution in [2.75, 3.05) is 6.54 Å². The fraction of sp³-hybridized carbons (Fsp3) is 0.250. The number of hydrogen-bond acceptors (Lipinski definition) is 6. The summed E-state index contributed by atoms with van der Waals surface area (Å²) >= 11 is 0. The largest absolute Gasteiger partial charge is 0.504 e. The number of nitrogens with two attached hydrogens (primary N) is 1. The van der Waals surface area contributed by atoms with E-state index in [1.165, 1.54) is 18.2 Å². The first-order chi connectivity index (χ1) is 10.4. The van der Waals surface area contributed by atoms with E-state index in [9.17, 15) is 25.5 Å². The van der Waals surface area contributed by atoms with Crippen molar-refractivity contribution in [2.45, 2.75) is 19.3 Å². The topological polar surface area (TPSA) is 127 Å². The van der Waals surface area contributed by atoms with Gasteiger partial charge in [-0.25, -0.2) is 0 Å². The minimum absolute atomic E-state index is 0.182. The van der Waals surface area contributed by atoms with Gasteiger partial charge in [0.05, 0.1) is 0 Å². The predicted octanol–water partition coefficient (Wildman–Crippen LogP) is 1.50. The number of aromatic hydroxyl groups is 5. The third kappa shape index (κ3) is 3.17. The van der Waals surface area contributed by atoms with Gasteiger partial charge in [0.15, 0.2) is 28.7 Å². The molecule has 22 heavy (non-hydrogen) atoms. The van der Waals surface area contributed by atoms with E-state index in [1.54, 1.807) is 6.07 Å². The van der Waals surface area contributed by atoms with Gasteiger partial charge in [-0.2, -0.15) is 0 Å². The lowest BCUT2D eigenvalue weighted by Gasteiger charge is -2.13. The van der Waals surface area contributed by atoms with Crippen LogP contribution in [0, 0.1) is 0 Å². The Morgan fingerprint density at radius 3 is 1.95 bits per heavy atom. The molecule has 118 valence electrons. The zero-order valence-corrected chi connectivity index (χ0v) is 12.0. The van der Waals surface area contributed by atoms with Gasteiger partial charge in [0, 0.05) is 5.56 Å². The molecule has 2 aromatic rings. The summed E-state index contributed by atoms with van der Waals surface area (Å²) in [7, 11) is 0. The summed E-state index contributed by atoms with van der Waals surface area (Å²) < 4.78 is 0. The molecule has 2 aromatic carbocycles. The summed E-state index contributed by atoms with van der Waals surface area (Å²) in [5.74, 6) is -1.76. The molecule has 0 aliphatic rings. The molecule has 0 aromatic heterocycles. The average molecular weight is 305 g/mol. The second-order valence-corrected chi connectivity index (χ2v) is 5.09. The highest BCUT2D eigenvalue weighted by Gasteiger charge is 2.13. The maximum absolute atomic E-state index is 10.0. The molecule has 6 nitrogen and oxygen atoms in total. The molecular weight excluding hydrogens is 286 g/mol. The average Bonchev–Trinajstić information content (AvgIpc) is 2.48. The van der Waals surface area contributed by atoms with E-state index in [1.807, 2.05) is 0 Å². The number of rotatable bonds is 5. The normalized spacial score (nSPS) is 10.8. The molecule has 6 heteroatoms. The van der Waals surface area contributed by atoms with Crippen molar-refractivity contribution < 1.29 is 25.5 Å². The fourth-order valence-corrected chi connectivity index (χ4v) is 2.41. The van der Waals surface area contributed by atoms with Crippen LogP contribution in [0.1, 0.15) is 16.7 Å². The Balaban J connectivity index is 2.26. The van der Waals surface area contributed by atoms with Crippen molar-refractivity contribution in [1.82, 2.24) is 0 Å². The first-order valence-corrected chi connectivity index (χ1v) is 6.90. The molecule has 2 rings (SSSR count). The lowest BCUT2D eigenvalue weighted by molar-refractivity contribution is 0.367. The quantitative estimate of drug-likeness (QED) is 0.465. The zero-order valence-electron chi connectivity index (χ0n) is 12.0. The van der Waals surface area contributed by atoms with Crippen molar-refractivity contribution in [3.63, 3.8) is 0 Å². The molecular formula is C16H19NO5. The molecule has 0 bridgehead atoms. The fourth-order valence-electron chi connectivity index (χ4n) is 2.41. The smallest absolute Gasteiger partial charge is 0.200 e. The minimum Gasteiger partial charge on any atom is -0.504 e. The first-order valence-electron chi connectivity index (χ1n) is 6.90. The van der Waals surface area contributed by atoms with Crippen LogP contribution in [0.4, 0.5) is 0 Å². The number of aryl methyl sites for hydroxylation is 1. The van der Waals surface area contributed by atoms with Gasteiger partial charge in [-0.3, -0.25) is 0 Å². The van der Waals surface area contributed by atoms with Crippen LogP contribution >= 0.6 is 0 Å². The Bertz CT molecular complexity index is 661. The summed E-state index contributed by atoms with van der Waals surface area (Å²) in [4.78, 5) is 0. The molecule has 0 aliphatic heterocycles. The number of hydrogen-bond donors (Lipinski definition) is 6. The number of benzene rings is 2. The van der Waals surface area contributed by atoms with Crippen LogP contribution < -0.4 is 5.73 Å².